The first kappa shape index (κ1) is 18.1. The number of carbonyl (C=O) groups excluding carboxylic acids is 2. The van der Waals surface area contributed by atoms with Crippen molar-refractivity contribution in [3.63, 3.8) is 0 Å². The minimum absolute atomic E-state index is 0.165. The van der Waals surface area contributed by atoms with E-state index >= 15 is 0 Å². The van der Waals surface area contributed by atoms with Gasteiger partial charge in [-0.25, -0.2) is 4.79 Å². The molecule has 0 saturated heterocycles. The number of esters is 1. The Morgan fingerprint density at radius 2 is 1.67 bits per heavy atom. The molecule has 0 saturated carbocycles. The molecule has 0 radical (unpaired) electrons. The molecule has 2 aromatic carbocycles. The number of hydrogen-bond donors (Lipinski definition) is 2. The molecule has 0 bridgehead atoms. The topological polar surface area (TPSA) is 93.2 Å². The third kappa shape index (κ3) is 5.12. The van der Waals surface area contributed by atoms with Gasteiger partial charge in [-0.2, -0.15) is 0 Å². The molecule has 0 aliphatic rings. The van der Waals surface area contributed by atoms with Gasteiger partial charge in [0, 0.05) is 5.69 Å². The molecule has 2 N–H and O–H groups in total. The zero-order valence-corrected chi connectivity index (χ0v) is 14.7. The first-order valence-electron chi connectivity index (χ1n) is 8.27. The summed E-state index contributed by atoms with van der Waals surface area (Å²) in [6.45, 7) is 0. The average molecular weight is 362 g/mol. The Balaban J connectivity index is 1.60. The normalized spacial score (nSPS) is 10.1. The molecule has 0 fully saturated rings. The Bertz CT molecular complexity index is 927. The summed E-state index contributed by atoms with van der Waals surface area (Å²) >= 11 is 0. The molecular formula is C20H18N4O3. The van der Waals surface area contributed by atoms with E-state index in [-0.39, 0.29) is 12.3 Å². The summed E-state index contributed by atoms with van der Waals surface area (Å²) in [6, 6.07) is 19.6. The largest absolute Gasteiger partial charge is 0.465 e. The number of amides is 1. The maximum atomic E-state index is 12.0. The molecule has 7 nitrogen and oxygen atoms in total. The highest BCUT2D eigenvalue weighted by molar-refractivity contribution is 5.91. The molecule has 0 aliphatic heterocycles. The fraction of sp³-hybridized carbons (Fsp3) is 0.100. The summed E-state index contributed by atoms with van der Waals surface area (Å²) in [7, 11) is 1.33. The second-order valence-corrected chi connectivity index (χ2v) is 5.71. The van der Waals surface area contributed by atoms with Crippen LogP contribution >= 0.6 is 0 Å². The van der Waals surface area contributed by atoms with Crippen LogP contribution in [0.1, 0.15) is 15.9 Å². The van der Waals surface area contributed by atoms with E-state index < -0.39 is 5.97 Å². The first-order valence-corrected chi connectivity index (χ1v) is 8.27. The maximum absolute atomic E-state index is 12.0. The summed E-state index contributed by atoms with van der Waals surface area (Å²) < 4.78 is 4.70. The van der Waals surface area contributed by atoms with Crippen LogP contribution in [0.5, 0.6) is 0 Å². The molecule has 0 atom stereocenters. The van der Waals surface area contributed by atoms with E-state index in [2.05, 4.69) is 20.8 Å². The number of carbonyl (C=O) groups is 2. The first-order chi connectivity index (χ1) is 13.1. The van der Waals surface area contributed by atoms with Gasteiger partial charge in [-0.3, -0.25) is 4.79 Å². The predicted octanol–water partition coefficient (Wildman–Crippen LogP) is 3.19. The number of nitrogens with zero attached hydrogens (tertiary/aromatic N) is 2. The summed E-state index contributed by atoms with van der Waals surface area (Å²) in [4.78, 5) is 23.6. The second-order valence-electron chi connectivity index (χ2n) is 5.71. The molecule has 3 rings (SSSR count). The lowest BCUT2D eigenvalue weighted by Gasteiger charge is -2.08. The van der Waals surface area contributed by atoms with Crippen LogP contribution in [-0.2, 0) is 16.0 Å². The van der Waals surface area contributed by atoms with Gasteiger partial charge in [0.1, 0.15) is 0 Å². The highest BCUT2D eigenvalue weighted by Gasteiger charge is 2.08. The van der Waals surface area contributed by atoms with Crippen LogP contribution in [0.25, 0.3) is 0 Å². The van der Waals surface area contributed by atoms with E-state index in [4.69, 9.17) is 4.74 Å². The molecule has 0 aliphatic carbocycles. The fourth-order valence-corrected chi connectivity index (χ4v) is 2.42. The Hall–Kier alpha value is -3.74. The smallest absolute Gasteiger partial charge is 0.337 e. The van der Waals surface area contributed by atoms with Crippen molar-refractivity contribution in [3.8, 4) is 0 Å². The molecule has 7 heteroatoms. The van der Waals surface area contributed by atoms with Crippen molar-refractivity contribution in [2.45, 2.75) is 6.42 Å². The third-order valence-electron chi connectivity index (χ3n) is 3.70. The SMILES string of the molecule is COC(=O)c1cccc(Nc2ccc(NC(=O)Cc3ccccc3)nn2)c1. The van der Waals surface area contributed by atoms with E-state index in [0.29, 0.717) is 22.9 Å². The van der Waals surface area contributed by atoms with Crippen molar-refractivity contribution in [2.24, 2.45) is 0 Å². The fourth-order valence-electron chi connectivity index (χ4n) is 2.42. The minimum Gasteiger partial charge on any atom is -0.465 e. The van der Waals surface area contributed by atoms with Gasteiger partial charge in [0.2, 0.25) is 5.91 Å². The van der Waals surface area contributed by atoms with Crippen molar-refractivity contribution >= 4 is 29.2 Å². The van der Waals surface area contributed by atoms with Crippen molar-refractivity contribution in [2.75, 3.05) is 17.7 Å². The lowest BCUT2D eigenvalue weighted by atomic mass is 10.1. The lowest BCUT2D eigenvalue weighted by molar-refractivity contribution is -0.115. The van der Waals surface area contributed by atoms with Crippen LogP contribution in [0, 0.1) is 0 Å². The zero-order valence-electron chi connectivity index (χ0n) is 14.7. The van der Waals surface area contributed by atoms with Crippen LogP contribution in [0.2, 0.25) is 0 Å². The van der Waals surface area contributed by atoms with E-state index in [1.165, 1.54) is 7.11 Å². The van der Waals surface area contributed by atoms with E-state index in [1.54, 1.807) is 36.4 Å². The number of hydrogen-bond acceptors (Lipinski definition) is 6. The molecule has 0 unspecified atom stereocenters. The Kier molecular flexibility index (Phi) is 5.73. The van der Waals surface area contributed by atoms with E-state index in [9.17, 15) is 9.59 Å². The van der Waals surface area contributed by atoms with Crippen LogP contribution < -0.4 is 10.6 Å². The number of rotatable bonds is 6. The third-order valence-corrected chi connectivity index (χ3v) is 3.70. The molecule has 1 aromatic heterocycles. The van der Waals surface area contributed by atoms with Gasteiger partial charge in [-0.05, 0) is 35.9 Å². The lowest BCUT2D eigenvalue weighted by Crippen LogP contribution is -2.15. The number of benzene rings is 2. The van der Waals surface area contributed by atoms with Gasteiger partial charge in [0.05, 0.1) is 19.1 Å². The Morgan fingerprint density at radius 3 is 2.37 bits per heavy atom. The Labute approximate surface area is 156 Å². The minimum atomic E-state index is -0.416. The van der Waals surface area contributed by atoms with Crippen LogP contribution in [-0.4, -0.2) is 29.2 Å². The van der Waals surface area contributed by atoms with E-state index in [1.807, 2.05) is 30.3 Å². The molecule has 27 heavy (non-hydrogen) atoms. The van der Waals surface area contributed by atoms with Crippen molar-refractivity contribution in [1.82, 2.24) is 10.2 Å². The van der Waals surface area contributed by atoms with Crippen LogP contribution in [0.3, 0.4) is 0 Å². The van der Waals surface area contributed by atoms with Crippen LogP contribution in [0.4, 0.5) is 17.3 Å². The van der Waals surface area contributed by atoms with Gasteiger partial charge < -0.3 is 15.4 Å². The molecular weight excluding hydrogens is 344 g/mol. The number of nitrogens with one attached hydrogen (secondary N) is 2. The maximum Gasteiger partial charge on any atom is 0.337 e. The molecule has 3 aromatic rings. The zero-order chi connectivity index (χ0) is 19.1. The van der Waals surface area contributed by atoms with Gasteiger partial charge in [-0.1, -0.05) is 36.4 Å². The van der Waals surface area contributed by atoms with Crippen molar-refractivity contribution in [1.29, 1.82) is 0 Å². The molecule has 1 heterocycles. The number of ether oxygens (including phenoxy) is 1. The molecule has 0 spiro atoms. The summed E-state index contributed by atoms with van der Waals surface area (Å²) in [5.74, 6) is 0.270. The number of methoxy groups -OCH3 is 1. The second kappa shape index (κ2) is 8.57. The van der Waals surface area contributed by atoms with E-state index in [0.717, 1.165) is 5.56 Å². The molecule has 136 valence electrons. The average Bonchev–Trinajstić information content (AvgIpc) is 2.70. The standard InChI is InChI=1S/C20H18N4O3/c1-27-20(26)15-8-5-9-16(13-15)21-17-10-11-18(24-23-17)22-19(25)12-14-6-3-2-4-7-14/h2-11,13H,12H2,1H3,(H,21,23)(H,22,24,25). The van der Waals surface area contributed by atoms with Gasteiger partial charge in [0.15, 0.2) is 11.6 Å². The highest BCUT2D eigenvalue weighted by Crippen LogP contribution is 2.17. The predicted molar refractivity (Wildman–Crippen MR) is 102 cm³/mol. The van der Waals surface area contributed by atoms with Gasteiger partial charge in [0.25, 0.3) is 0 Å². The summed E-state index contributed by atoms with van der Waals surface area (Å²) in [5, 5.41) is 13.8. The van der Waals surface area contributed by atoms with Crippen molar-refractivity contribution in [3.05, 3.63) is 77.9 Å². The number of anilines is 3. The summed E-state index contributed by atoms with van der Waals surface area (Å²) in [6.07, 6.45) is 0.267. The summed E-state index contributed by atoms with van der Waals surface area (Å²) in [5.41, 5.74) is 2.03. The quantitative estimate of drug-likeness (QED) is 0.654. The molecule has 1 amide bonds. The Morgan fingerprint density at radius 1 is 0.926 bits per heavy atom. The monoisotopic (exact) mass is 362 g/mol. The number of aromatic nitrogens is 2. The van der Waals surface area contributed by atoms with Crippen molar-refractivity contribution < 1.29 is 14.3 Å². The van der Waals surface area contributed by atoms with Gasteiger partial charge >= 0.3 is 5.97 Å². The highest BCUT2D eigenvalue weighted by atomic mass is 16.5. The van der Waals surface area contributed by atoms with Crippen LogP contribution in [0.15, 0.2) is 66.7 Å². The van der Waals surface area contributed by atoms with Gasteiger partial charge in [-0.15, -0.1) is 10.2 Å².